The molecule has 0 aromatic heterocycles. The molecule has 502 valence electrons. The molecule has 0 N–H and O–H groups in total. The lowest BCUT2D eigenvalue weighted by Gasteiger charge is -2.47. The molecule has 2 heteroatoms. The molecule has 7 aliphatic rings. The van der Waals surface area contributed by atoms with E-state index in [4.69, 9.17) is 0 Å². The first kappa shape index (κ1) is 59.9. The summed E-state index contributed by atoms with van der Waals surface area (Å²) >= 11 is 0. The maximum Gasteiger partial charge on any atom is 0.0754 e. The molecule has 0 amide bonds. The SMILES string of the molecule is CC1CC=CC2=C1C1(c3ccccc3N(c3ccccc3)c3ccccc31)c1cccc(-c3cccc4c(-c5cc6ccccc6c6c5C5(c7ccccc7-c7ccccc75)c5ccccc5-6)c5cccc(-c6cccc7c6-c6ccccc6C76c7ccccc7N(c7ccccc7)c7ccccc76)c5cc34)c12. The number of hydrogen-bond acceptors (Lipinski definition) is 2. The van der Waals surface area contributed by atoms with E-state index in [1.807, 2.05) is 0 Å². The molecule has 2 nitrogen and oxygen atoms in total. The number of anilines is 6. The first-order chi connectivity index (χ1) is 53.6. The van der Waals surface area contributed by atoms with Gasteiger partial charge >= 0.3 is 0 Å². The average molecular weight is 1370 g/mol. The van der Waals surface area contributed by atoms with Crippen LogP contribution in [0.25, 0.3) is 105 Å². The van der Waals surface area contributed by atoms with Crippen LogP contribution in [0.4, 0.5) is 34.1 Å². The van der Waals surface area contributed by atoms with Crippen LogP contribution >= 0.6 is 0 Å². The molecule has 17 aromatic carbocycles. The molecule has 2 heterocycles. The molecular weight excluding hydrogens is 1300 g/mol. The molecular formula is C106H68N2. The predicted octanol–water partition coefficient (Wildman–Crippen LogP) is 27.1. The van der Waals surface area contributed by atoms with Gasteiger partial charge in [-0.15, -0.1) is 0 Å². The molecule has 0 saturated carbocycles. The van der Waals surface area contributed by atoms with E-state index in [9.17, 15) is 0 Å². The van der Waals surface area contributed by atoms with E-state index >= 15 is 0 Å². The summed E-state index contributed by atoms with van der Waals surface area (Å²) < 4.78 is 0. The molecule has 1 unspecified atom stereocenters. The van der Waals surface area contributed by atoms with Crippen LogP contribution < -0.4 is 9.80 Å². The fraction of sp³-hybridized carbons (Fsp3) is 0.0566. The Hall–Kier alpha value is -13.4. The molecule has 1 atom stereocenters. The highest BCUT2D eigenvalue weighted by atomic mass is 15.2. The normalized spacial score (nSPS) is 16.0. The van der Waals surface area contributed by atoms with Crippen LogP contribution in [0, 0.1) is 5.92 Å². The summed E-state index contributed by atoms with van der Waals surface area (Å²) in [5, 5.41) is 7.36. The topological polar surface area (TPSA) is 6.48 Å². The predicted molar refractivity (Wildman–Crippen MR) is 448 cm³/mol. The number of hydrogen-bond donors (Lipinski definition) is 0. The van der Waals surface area contributed by atoms with Crippen LogP contribution in [0.5, 0.6) is 0 Å². The van der Waals surface area contributed by atoms with Crippen molar-refractivity contribution in [3.05, 3.63) is 448 Å². The van der Waals surface area contributed by atoms with Gasteiger partial charge in [0.25, 0.3) is 0 Å². The van der Waals surface area contributed by atoms with Crippen molar-refractivity contribution in [1.82, 2.24) is 0 Å². The maximum atomic E-state index is 2.63. The van der Waals surface area contributed by atoms with Crippen molar-refractivity contribution >= 4 is 72.0 Å². The highest BCUT2D eigenvalue weighted by Crippen LogP contribution is 2.70. The lowest BCUT2D eigenvalue weighted by Crippen LogP contribution is -2.38. The van der Waals surface area contributed by atoms with E-state index in [-0.39, 0.29) is 5.92 Å². The van der Waals surface area contributed by atoms with E-state index in [1.165, 1.54) is 200 Å². The third kappa shape index (κ3) is 7.42. The van der Waals surface area contributed by atoms with Crippen molar-refractivity contribution < 1.29 is 0 Å². The highest BCUT2D eigenvalue weighted by molar-refractivity contribution is 6.23. The second-order valence-electron chi connectivity index (χ2n) is 30.6. The third-order valence-corrected chi connectivity index (χ3v) is 25.9. The van der Waals surface area contributed by atoms with Crippen molar-refractivity contribution in [2.24, 2.45) is 5.92 Å². The summed E-state index contributed by atoms with van der Waals surface area (Å²) in [5.74, 6) is 0.243. The van der Waals surface area contributed by atoms with Gasteiger partial charge in [-0.3, -0.25) is 0 Å². The van der Waals surface area contributed by atoms with Gasteiger partial charge in [-0.2, -0.15) is 0 Å². The van der Waals surface area contributed by atoms with Crippen LogP contribution in [0.15, 0.2) is 382 Å². The van der Waals surface area contributed by atoms with Gasteiger partial charge in [0.05, 0.1) is 39.0 Å². The zero-order valence-electron chi connectivity index (χ0n) is 59.5. The summed E-state index contributed by atoms with van der Waals surface area (Å²) in [7, 11) is 0. The summed E-state index contributed by atoms with van der Waals surface area (Å²) in [6.07, 6.45) is 5.92. The lowest BCUT2D eigenvalue weighted by molar-refractivity contribution is 0.580. The fourth-order valence-corrected chi connectivity index (χ4v) is 22.2. The molecule has 2 aliphatic heterocycles. The standard InChI is InChI=1S/C106H68N2/c1-65-31-26-48-80-100-75(47-30-58-93(100)106(102(65)80)90-55-20-24-61-96(90)108(68-35-6-3-7-36-68)97-62-25-21-56-91(97)106)71-43-28-45-77-82(71)64-81-70(74-46-29-57-92-99(74)78-40-12-16-51-86(78)104(92)88-53-18-22-59-94(88)107(67-33-4-2-5-34-67)95-60-23-19-54-89(95)104)42-27-44-76(81)98(77)83-63-66-32-8-9-37-69(66)101-79-41-13-17-52-87(79)105(103(83)101)84-49-14-10-38-72(84)73-39-11-15-50-85(73)105/h2-30,32-65H,31H2,1H3. The lowest BCUT2D eigenvalue weighted by atomic mass is 9.61. The fourth-order valence-electron chi connectivity index (χ4n) is 22.2. The van der Waals surface area contributed by atoms with Crippen molar-refractivity contribution in [3.8, 4) is 66.8 Å². The van der Waals surface area contributed by atoms with Crippen molar-refractivity contribution in [2.75, 3.05) is 9.80 Å². The Labute approximate surface area is 628 Å². The summed E-state index contributed by atoms with van der Waals surface area (Å²) in [5.41, 5.74) is 38.9. The number of nitrogens with zero attached hydrogens (tertiary/aromatic N) is 2. The zero-order valence-corrected chi connectivity index (χ0v) is 59.5. The zero-order chi connectivity index (χ0) is 70.7. The highest BCUT2D eigenvalue weighted by Gasteiger charge is 2.57. The van der Waals surface area contributed by atoms with Crippen LogP contribution in [-0.2, 0) is 16.2 Å². The van der Waals surface area contributed by atoms with E-state index in [2.05, 4.69) is 393 Å². The quantitative estimate of drug-likeness (QED) is 0.159. The van der Waals surface area contributed by atoms with Gasteiger partial charge in [-0.1, -0.05) is 322 Å². The first-order valence-electron chi connectivity index (χ1n) is 38.3. The first-order valence-corrected chi connectivity index (χ1v) is 38.3. The van der Waals surface area contributed by atoms with Crippen molar-refractivity contribution in [2.45, 2.75) is 29.6 Å². The number of rotatable bonds is 5. The smallest absolute Gasteiger partial charge is 0.0754 e. The third-order valence-electron chi connectivity index (χ3n) is 25.9. The van der Waals surface area contributed by atoms with Gasteiger partial charge in [-0.25, -0.2) is 0 Å². The van der Waals surface area contributed by atoms with Gasteiger partial charge in [0.1, 0.15) is 0 Å². The molecule has 0 saturated heterocycles. The Balaban J connectivity index is 0.835. The Kier molecular flexibility index (Phi) is 12.3. The number of benzene rings is 17. The molecule has 5 aliphatic carbocycles. The van der Waals surface area contributed by atoms with Gasteiger partial charge < -0.3 is 9.80 Å². The van der Waals surface area contributed by atoms with Crippen molar-refractivity contribution in [3.63, 3.8) is 0 Å². The Morgan fingerprint density at radius 2 is 0.620 bits per heavy atom. The van der Waals surface area contributed by atoms with Crippen molar-refractivity contribution in [1.29, 1.82) is 0 Å². The largest absolute Gasteiger partial charge is 0.310 e. The van der Waals surface area contributed by atoms with E-state index < -0.39 is 16.2 Å². The Morgan fingerprint density at radius 3 is 1.16 bits per heavy atom. The van der Waals surface area contributed by atoms with E-state index in [0.717, 1.165) is 17.8 Å². The molecule has 0 radical (unpaired) electrons. The molecule has 0 bridgehead atoms. The van der Waals surface area contributed by atoms with Gasteiger partial charge in [-0.05, 0) is 250 Å². The number of para-hydroxylation sites is 6. The van der Waals surface area contributed by atoms with Crippen LogP contribution in [0.1, 0.15) is 80.1 Å². The van der Waals surface area contributed by atoms with Crippen LogP contribution in [-0.4, -0.2) is 0 Å². The van der Waals surface area contributed by atoms with Crippen LogP contribution in [0.2, 0.25) is 0 Å². The number of allylic oxidation sites excluding steroid dienone is 4. The molecule has 0 fully saturated rings. The summed E-state index contributed by atoms with van der Waals surface area (Å²) in [4.78, 5) is 5.00. The molecule has 3 spiro atoms. The average Bonchev–Trinajstić information content (AvgIpc) is 1.50. The molecule has 17 aromatic rings. The number of fused-ring (bicyclic) bond motifs is 31. The molecule has 108 heavy (non-hydrogen) atoms. The molecule has 24 rings (SSSR count). The summed E-state index contributed by atoms with van der Waals surface area (Å²) in [6.45, 7) is 2.48. The minimum absolute atomic E-state index is 0.243. The van der Waals surface area contributed by atoms with Crippen LogP contribution in [0.3, 0.4) is 0 Å². The van der Waals surface area contributed by atoms with Gasteiger partial charge in [0.2, 0.25) is 0 Å². The summed E-state index contributed by atoms with van der Waals surface area (Å²) in [6, 6.07) is 140. The minimum Gasteiger partial charge on any atom is -0.310 e. The van der Waals surface area contributed by atoms with Gasteiger partial charge in [0, 0.05) is 11.4 Å². The maximum absolute atomic E-state index is 2.63. The van der Waals surface area contributed by atoms with E-state index in [1.54, 1.807) is 0 Å². The van der Waals surface area contributed by atoms with Gasteiger partial charge in [0.15, 0.2) is 0 Å². The minimum atomic E-state index is -0.659. The Morgan fingerprint density at radius 1 is 0.250 bits per heavy atom. The second kappa shape index (κ2) is 22.1. The Bertz CT molecular complexity index is 6740. The monoisotopic (exact) mass is 1370 g/mol. The van der Waals surface area contributed by atoms with E-state index in [0.29, 0.717) is 0 Å². The second-order valence-corrected chi connectivity index (χ2v) is 30.6.